The molecule has 2 heterocycles. The third-order valence-corrected chi connectivity index (χ3v) is 5.43. The fourth-order valence-corrected chi connectivity index (χ4v) is 3.91. The van der Waals surface area contributed by atoms with E-state index in [0.29, 0.717) is 17.5 Å². The molecule has 2 aromatic carbocycles. The highest BCUT2D eigenvalue weighted by Gasteiger charge is 2.32. The average Bonchev–Trinajstić information content (AvgIpc) is 3.13. The molecule has 0 atom stereocenters. The number of amidine groups is 2. The van der Waals surface area contributed by atoms with Crippen LogP contribution in [0.3, 0.4) is 0 Å². The van der Waals surface area contributed by atoms with Crippen molar-refractivity contribution >= 4 is 56.2 Å². The first-order chi connectivity index (χ1) is 13.5. The number of nitrogens with zero attached hydrogens (tertiary/aromatic N) is 3. The first-order valence-corrected chi connectivity index (χ1v) is 10.1. The summed E-state index contributed by atoms with van der Waals surface area (Å²) in [7, 11) is 0. The SMILES string of the molecule is Cc1cccc(COc2ccc(/C=C3/C(=N)N4N=CSC4=NC3=O)cc2Br)c1. The summed E-state index contributed by atoms with van der Waals surface area (Å²) in [5, 5.41) is 14.0. The van der Waals surface area contributed by atoms with Gasteiger partial charge in [0.1, 0.15) is 12.4 Å². The number of fused-ring (bicyclic) bond motifs is 1. The zero-order chi connectivity index (χ0) is 19.7. The molecule has 0 unspecified atom stereocenters. The van der Waals surface area contributed by atoms with Gasteiger partial charge in [-0.15, -0.1) is 0 Å². The number of hydrogen-bond donors (Lipinski definition) is 1. The maximum absolute atomic E-state index is 12.3. The van der Waals surface area contributed by atoms with Crippen LogP contribution in [0.25, 0.3) is 6.08 Å². The van der Waals surface area contributed by atoms with Gasteiger partial charge >= 0.3 is 0 Å². The first kappa shape index (κ1) is 18.6. The Morgan fingerprint density at radius 2 is 2.14 bits per heavy atom. The van der Waals surface area contributed by atoms with E-state index in [1.807, 2.05) is 43.3 Å². The zero-order valence-electron chi connectivity index (χ0n) is 14.8. The molecule has 2 aliphatic heterocycles. The van der Waals surface area contributed by atoms with E-state index < -0.39 is 5.91 Å². The number of hydrazone groups is 1. The molecule has 0 bridgehead atoms. The number of hydrogen-bond acceptors (Lipinski definition) is 5. The predicted octanol–water partition coefficient (Wildman–Crippen LogP) is 4.59. The minimum atomic E-state index is -0.440. The maximum Gasteiger partial charge on any atom is 0.283 e. The van der Waals surface area contributed by atoms with Crippen molar-refractivity contribution in [1.29, 1.82) is 5.41 Å². The number of nitrogens with one attached hydrogen (secondary N) is 1. The van der Waals surface area contributed by atoms with Crippen LogP contribution in [-0.4, -0.2) is 27.5 Å². The second-order valence-electron chi connectivity index (χ2n) is 6.22. The van der Waals surface area contributed by atoms with Crippen molar-refractivity contribution in [3.63, 3.8) is 0 Å². The Kier molecular flexibility index (Phi) is 5.15. The quantitative estimate of drug-likeness (QED) is 0.685. The summed E-state index contributed by atoms with van der Waals surface area (Å²) in [6.45, 7) is 2.51. The zero-order valence-corrected chi connectivity index (χ0v) is 17.3. The molecule has 8 heteroatoms. The van der Waals surface area contributed by atoms with Gasteiger partial charge in [0.15, 0.2) is 11.0 Å². The Balaban J connectivity index is 1.53. The van der Waals surface area contributed by atoms with Gasteiger partial charge in [0, 0.05) is 0 Å². The number of ether oxygens (including phenoxy) is 1. The van der Waals surface area contributed by atoms with E-state index >= 15 is 0 Å². The number of amides is 1. The number of aliphatic imine (C=N–C) groups is 1. The summed E-state index contributed by atoms with van der Waals surface area (Å²) in [4.78, 5) is 16.2. The Morgan fingerprint density at radius 1 is 1.29 bits per heavy atom. The molecule has 1 amide bonds. The van der Waals surface area contributed by atoms with Crippen LogP contribution >= 0.6 is 27.7 Å². The number of aryl methyl sites for hydroxylation is 1. The number of thioether (sulfide) groups is 1. The second-order valence-corrected chi connectivity index (χ2v) is 7.89. The lowest BCUT2D eigenvalue weighted by Gasteiger charge is -2.20. The summed E-state index contributed by atoms with van der Waals surface area (Å²) >= 11 is 4.74. The fourth-order valence-electron chi connectivity index (χ4n) is 2.79. The van der Waals surface area contributed by atoms with Crippen molar-refractivity contribution in [3.05, 3.63) is 69.2 Å². The standard InChI is InChI=1S/C20H15BrN4O2S/c1-12-3-2-4-14(7-12)10-27-17-6-5-13(9-16(17)21)8-15-18(22)25-20(24-19(15)26)28-11-23-25/h2-9,11,22H,10H2,1H3/b15-8-,22-18?. The Labute approximate surface area is 174 Å². The van der Waals surface area contributed by atoms with E-state index in [1.54, 1.807) is 11.6 Å². The van der Waals surface area contributed by atoms with Crippen LogP contribution in [0.2, 0.25) is 0 Å². The monoisotopic (exact) mass is 454 g/mol. The molecular weight excluding hydrogens is 440 g/mol. The summed E-state index contributed by atoms with van der Waals surface area (Å²) in [6, 6.07) is 13.7. The van der Waals surface area contributed by atoms with Gasteiger partial charge in [-0.3, -0.25) is 10.2 Å². The molecule has 0 saturated carbocycles. The third kappa shape index (κ3) is 3.79. The van der Waals surface area contributed by atoms with Gasteiger partial charge in [-0.2, -0.15) is 15.1 Å². The van der Waals surface area contributed by atoms with Crippen molar-refractivity contribution in [2.45, 2.75) is 13.5 Å². The van der Waals surface area contributed by atoms with Crippen molar-refractivity contribution in [1.82, 2.24) is 5.01 Å². The summed E-state index contributed by atoms with van der Waals surface area (Å²) in [5.41, 5.74) is 4.80. The number of rotatable bonds is 4. The van der Waals surface area contributed by atoms with Gasteiger partial charge in [0.2, 0.25) is 0 Å². The maximum atomic E-state index is 12.3. The van der Waals surface area contributed by atoms with Crippen LogP contribution in [-0.2, 0) is 11.4 Å². The number of benzene rings is 2. The van der Waals surface area contributed by atoms with Crippen LogP contribution in [0, 0.1) is 12.3 Å². The van der Waals surface area contributed by atoms with Crippen LogP contribution < -0.4 is 4.74 Å². The number of carbonyl (C=O) groups is 1. The number of carbonyl (C=O) groups excluding carboxylic acids is 1. The molecule has 4 rings (SSSR count). The minimum Gasteiger partial charge on any atom is -0.488 e. The van der Waals surface area contributed by atoms with Gasteiger partial charge in [0.25, 0.3) is 5.91 Å². The van der Waals surface area contributed by atoms with Crippen LogP contribution in [0.5, 0.6) is 5.75 Å². The van der Waals surface area contributed by atoms with Crippen molar-refractivity contribution in [2.75, 3.05) is 0 Å². The minimum absolute atomic E-state index is 0.0205. The lowest BCUT2D eigenvalue weighted by Crippen LogP contribution is -2.35. The van der Waals surface area contributed by atoms with Gasteiger partial charge in [0.05, 0.1) is 15.6 Å². The van der Waals surface area contributed by atoms with Gasteiger partial charge in [-0.05, 0) is 64.0 Å². The summed E-state index contributed by atoms with van der Waals surface area (Å²) < 4.78 is 6.66. The van der Waals surface area contributed by atoms with Crippen LogP contribution in [0.1, 0.15) is 16.7 Å². The molecule has 0 aliphatic carbocycles. The molecule has 0 aromatic heterocycles. The van der Waals surface area contributed by atoms with Crippen LogP contribution in [0.15, 0.2) is 62.6 Å². The lowest BCUT2D eigenvalue weighted by atomic mass is 10.1. The van der Waals surface area contributed by atoms with E-state index in [-0.39, 0.29) is 11.4 Å². The van der Waals surface area contributed by atoms with Crippen molar-refractivity contribution in [3.8, 4) is 5.75 Å². The molecular formula is C20H15BrN4O2S. The smallest absolute Gasteiger partial charge is 0.283 e. The average molecular weight is 455 g/mol. The van der Waals surface area contributed by atoms with Gasteiger partial charge < -0.3 is 4.74 Å². The third-order valence-electron chi connectivity index (χ3n) is 4.14. The first-order valence-electron chi connectivity index (χ1n) is 8.42. The molecule has 140 valence electrons. The Bertz CT molecular complexity index is 1080. The molecule has 2 aromatic rings. The molecule has 28 heavy (non-hydrogen) atoms. The van der Waals surface area contributed by atoms with E-state index in [2.05, 4.69) is 32.1 Å². The summed E-state index contributed by atoms with van der Waals surface area (Å²) in [6.07, 6.45) is 1.64. The van der Waals surface area contributed by atoms with E-state index in [1.165, 1.54) is 22.3 Å². The summed E-state index contributed by atoms with van der Waals surface area (Å²) in [5.74, 6) is 0.284. The van der Waals surface area contributed by atoms with Crippen molar-refractivity contribution < 1.29 is 9.53 Å². The molecule has 0 radical (unpaired) electrons. The molecule has 6 nitrogen and oxygen atoms in total. The topological polar surface area (TPSA) is 78.1 Å². The fraction of sp³-hybridized carbons (Fsp3) is 0.100. The lowest BCUT2D eigenvalue weighted by molar-refractivity contribution is -0.114. The molecule has 0 fully saturated rings. The normalized spacial score (nSPS) is 17.1. The number of halogens is 1. The Hall–Kier alpha value is -2.71. The Morgan fingerprint density at radius 3 is 2.93 bits per heavy atom. The van der Waals surface area contributed by atoms with Crippen LogP contribution in [0.4, 0.5) is 0 Å². The molecule has 0 spiro atoms. The highest BCUT2D eigenvalue weighted by atomic mass is 79.9. The van der Waals surface area contributed by atoms with Crippen molar-refractivity contribution in [2.24, 2.45) is 10.1 Å². The second kappa shape index (κ2) is 7.73. The van der Waals surface area contributed by atoms with Gasteiger partial charge in [-0.1, -0.05) is 35.9 Å². The van der Waals surface area contributed by atoms with Gasteiger partial charge in [-0.25, -0.2) is 0 Å². The predicted molar refractivity (Wildman–Crippen MR) is 116 cm³/mol. The highest BCUT2D eigenvalue weighted by molar-refractivity contribution is 9.10. The van der Waals surface area contributed by atoms with E-state index in [4.69, 9.17) is 10.1 Å². The van der Waals surface area contributed by atoms with E-state index in [9.17, 15) is 4.79 Å². The largest absolute Gasteiger partial charge is 0.488 e. The molecule has 0 saturated heterocycles. The molecule has 2 aliphatic rings. The molecule has 1 N–H and O–H groups in total. The van der Waals surface area contributed by atoms with E-state index in [0.717, 1.165) is 15.6 Å². The highest BCUT2D eigenvalue weighted by Crippen LogP contribution is 2.29.